The van der Waals surface area contributed by atoms with Crippen LogP contribution in [0, 0.1) is 0 Å². The third-order valence-electron chi connectivity index (χ3n) is 4.23. The second-order valence-electron chi connectivity index (χ2n) is 6.05. The number of carbonyl (C=O) groups excluding carboxylic acids is 1. The van der Waals surface area contributed by atoms with Gasteiger partial charge in [0.25, 0.3) is 0 Å². The van der Waals surface area contributed by atoms with Crippen molar-refractivity contribution in [2.24, 2.45) is 0 Å². The molecule has 0 bridgehead atoms. The van der Waals surface area contributed by atoms with E-state index < -0.39 is 15.3 Å². The molecule has 1 aliphatic rings. The predicted octanol–water partition coefficient (Wildman–Crippen LogP) is 2.30. The lowest BCUT2D eigenvalue weighted by atomic mass is 10.1. The molecule has 0 aliphatic carbocycles. The fourth-order valence-corrected chi connectivity index (χ4v) is 4.31. The van der Waals surface area contributed by atoms with Crippen LogP contribution >= 0.6 is 11.6 Å². The van der Waals surface area contributed by atoms with E-state index in [1.807, 2.05) is 19.1 Å². The number of benzene rings is 1. The Morgan fingerprint density at radius 3 is 2.58 bits per heavy atom. The highest BCUT2D eigenvalue weighted by Crippen LogP contribution is 2.18. The Hall–Kier alpha value is -1.41. The van der Waals surface area contributed by atoms with Crippen LogP contribution in [0.3, 0.4) is 0 Å². The highest BCUT2D eigenvalue weighted by Gasteiger charge is 2.30. The topological polar surface area (TPSA) is 75.7 Å². The van der Waals surface area contributed by atoms with Crippen molar-refractivity contribution in [2.45, 2.75) is 25.0 Å². The molecule has 0 saturated carbocycles. The van der Waals surface area contributed by atoms with Crippen molar-refractivity contribution < 1.29 is 17.9 Å². The Morgan fingerprint density at radius 2 is 1.96 bits per heavy atom. The maximum absolute atomic E-state index is 12.3. The Bertz CT molecular complexity index is 711. The van der Waals surface area contributed by atoms with Gasteiger partial charge in [0.05, 0.1) is 11.9 Å². The quantitative estimate of drug-likeness (QED) is 0.536. The summed E-state index contributed by atoms with van der Waals surface area (Å²) in [5.74, 6) is -0.111. The van der Waals surface area contributed by atoms with E-state index in [1.54, 1.807) is 23.1 Å². The molecule has 1 fully saturated rings. The van der Waals surface area contributed by atoms with E-state index in [0.717, 1.165) is 5.56 Å². The minimum absolute atomic E-state index is 0.111. The number of ether oxygens (including phenoxy) is 1. The van der Waals surface area contributed by atoms with Crippen LogP contribution in [0.5, 0.6) is 0 Å². The van der Waals surface area contributed by atoms with Gasteiger partial charge in [-0.05, 0) is 43.5 Å². The van der Waals surface area contributed by atoms with Crippen LogP contribution in [-0.2, 0) is 19.6 Å². The standard InChI is InChI=1S/C18H25ClN2O4S/c1-2-25-14-11-20-26(23,24)17-9-12-21(13-10-17)18(22)8-5-15-3-6-16(19)7-4-15/h3-8,17,20H,2,9-14H2,1H3/b8-5+. The van der Waals surface area contributed by atoms with Crippen LogP contribution in [0.2, 0.25) is 5.02 Å². The molecule has 1 saturated heterocycles. The van der Waals surface area contributed by atoms with Gasteiger partial charge in [-0.15, -0.1) is 0 Å². The molecule has 1 aliphatic heterocycles. The maximum Gasteiger partial charge on any atom is 0.246 e. The molecule has 0 aromatic heterocycles. The van der Waals surface area contributed by atoms with Crippen molar-refractivity contribution >= 4 is 33.6 Å². The summed E-state index contributed by atoms with van der Waals surface area (Å²) in [7, 11) is -3.37. The zero-order valence-corrected chi connectivity index (χ0v) is 16.4. The number of hydrogen-bond donors (Lipinski definition) is 1. The van der Waals surface area contributed by atoms with Gasteiger partial charge in [0.15, 0.2) is 0 Å². The lowest BCUT2D eigenvalue weighted by molar-refractivity contribution is -0.126. The molecule has 1 heterocycles. The summed E-state index contributed by atoms with van der Waals surface area (Å²) >= 11 is 5.83. The van der Waals surface area contributed by atoms with Crippen molar-refractivity contribution in [1.82, 2.24) is 9.62 Å². The molecule has 0 spiro atoms. The van der Waals surface area contributed by atoms with E-state index >= 15 is 0 Å². The second-order valence-corrected chi connectivity index (χ2v) is 8.53. The number of likely N-dealkylation sites (tertiary alicyclic amines) is 1. The summed E-state index contributed by atoms with van der Waals surface area (Å²) in [5, 5.41) is 0.181. The summed E-state index contributed by atoms with van der Waals surface area (Å²) < 4.78 is 32.3. The number of sulfonamides is 1. The maximum atomic E-state index is 12.3. The number of nitrogens with zero attached hydrogens (tertiary/aromatic N) is 1. The molecule has 0 unspecified atom stereocenters. The number of carbonyl (C=O) groups is 1. The molecular weight excluding hydrogens is 376 g/mol. The monoisotopic (exact) mass is 400 g/mol. The van der Waals surface area contributed by atoms with Crippen molar-refractivity contribution in [3.05, 3.63) is 40.9 Å². The first-order chi connectivity index (χ1) is 12.4. The fraction of sp³-hybridized carbons (Fsp3) is 0.500. The van der Waals surface area contributed by atoms with Crippen molar-refractivity contribution in [2.75, 3.05) is 32.8 Å². The molecule has 26 heavy (non-hydrogen) atoms. The van der Waals surface area contributed by atoms with E-state index in [1.165, 1.54) is 6.08 Å². The van der Waals surface area contributed by atoms with E-state index in [0.29, 0.717) is 44.2 Å². The van der Waals surface area contributed by atoms with Crippen LogP contribution in [-0.4, -0.2) is 57.3 Å². The van der Waals surface area contributed by atoms with Crippen LogP contribution < -0.4 is 4.72 Å². The number of nitrogens with one attached hydrogen (secondary N) is 1. The first-order valence-corrected chi connectivity index (χ1v) is 10.6. The largest absolute Gasteiger partial charge is 0.380 e. The summed E-state index contributed by atoms with van der Waals surface area (Å²) in [6.07, 6.45) is 4.12. The number of rotatable bonds is 8. The van der Waals surface area contributed by atoms with E-state index in [9.17, 15) is 13.2 Å². The van der Waals surface area contributed by atoms with Gasteiger partial charge >= 0.3 is 0 Å². The lowest BCUT2D eigenvalue weighted by Gasteiger charge is -2.31. The zero-order valence-electron chi connectivity index (χ0n) is 14.9. The summed E-state index contributed by atoms with van der Waals surface area (Å²) in [5.41, 5.74) is 0.888. The Balaban J connectivity index is 1.81. The van der Waals surface area contributed by atoms with Crippen LogP contribution in [0.1, 0.15) is 25.3 Å². The predicted molar refractivity (Wildman–Crippen MR) is 104 cm³/mol. The minimum atomic E-state index is -3.37. The van der Waals surface area contributed by atoms with Gasteiger partial charge < -0.3 is 9.64 Å². The number of piperidine rings is 1. The van der Waals surface area contributed by atoms with Crippen molar-refractivity contribution in [1.29, 1.82) is 0 Å². The zero-order chi connectivity index (χ0) is 19.0. The van der Waals surface area contributed by atoms with Gasteiger partial charge in [-0.25, -0.2) is 13.1 Å². The third kappa shape index (κ3) is 6.39. The van der Waals surface area contributed by atoms with E-state index in [-0.39, 0.29) is 12.5 Å². The molecule has 6 nitrogen and oxygen atoms in total. The van der Waals surface area contributed by atoms with Gasteiger partial charge in [0.2, 0.25) is 15.9 Å². The molecule has 2 rings (SSSR count). The molecule has 8 heteroatoms. The highest BCUT2D eigenvalue weighted by molar-refractivity contribution is 7.90. The highest BCUT2D eigenvalue weighted by atomic mass is 35.5. The first kappa shape index (κ1) is 20.9. The fourth-order valence-electron chi connectivity index (χ4n) is 2.75. The van der Waals surface area contributed by atoms with Crippen LogP contribution in [0.25, 0.3) is 6.08 Å². The third-order valence-corrected chi connectivity index (χ3v) is 6.44. The van der Waals surface area contributed by atoms with Gasteiger partial charge in [0, 0.05) is 37.3 Å². The molecule has 1 aromatic carbocycles. The number of hydrogen-bond acceptors (Lipinski definition) is 4. The van der Waals surface area contributed by atoms with Gasteiger partial charge in [-0.2, -0.15) is 0 Å². The Kier molecular flexibility index (Phi) is 8.09. The summed E-state index contributed by atoms with van der Waals surface area (Å²) in [4.78, 5) is 13.9. The van der Waals surface area contributed by atoms with Crippen LogP contribution in [0.4, 0.5) is 0 Å². The van der Waals surface area contributed by atoms with Gasteiger partial charge in [-0.1, -0.05) is 23.7 Å². The smallest absolute Gasteiger partial charge is 0.246 e. The molecule has 1 amide bonds. The number of halogens is 1. The summed E-state index contributed by atoms with van der Waals surface area (Å²) in [6, 6.07) is 7.19. The molecule has 0 radical (unpaired) electrons. The van der Waals surface area contributed by atoms with Crippen molar-refractivity contribution in [3.63, 3.8) is 0 Å². The first-order valence-electron chi connectivity index (χ1n) is 8.71. The number of amides is 1. The van der Waals surface area contributed by atoms with E-state index in [2.05, 4.69) is 4.72 Å². The second kappa shape index (κ2) is 10.1. The molecular formula is C18H25ClN2O4S. The average Bonchev–Trinajstić information content (AvgIpc) is 2.65. The van der Waals surface area contributed by atoms with Crippen LogP contribution in [0.15, 0.2) is 30.3 Å². The molecule has 1 N–H and O–H groups in total. The summed E-state index contributed by atoms with van der Waals surface area (Å²) in [6.45, 7) is 3.93. The normalized spacial score (nSPS) is 16.3. The van der Waals surface area contributed by atoms with Gasteiger partial charge in [-0.3, -0.25) is 4.79 Å². The molecule has 0 atom stereocenters. The van der Waals surface area contributed by atoms with E-state index in [4.69, 9.17) is 16.3 Å². The lowest BCUT2D eigenvalue weighted by Crippen LogP contribution is -2.45. The average molecular weight is 401 g/mol. The van der Waals surface area contributed by atoms with Crippen molar-refractivity contribution in [3.8, 4) is 0 Å². The Labute approximate surface area is 160 Å². The minimum Gasteiger partial charge on any atom is -0.380 e. The van der Waals surface area contributed by atoms with Gasteiger partial charge in [0.1, 0.15) is 0 Å². The molecule has 144 valence electrons. The molecule has 1 aromatic rings. The SMILES string of the molecule is CCOCCNS(=O)(=O)C1CCN(C(=O)/C=C/c2ccc(Cl)cc2)CC1. The Morgan fingerprint density at radius 1 is 1.31 bits per heavy atom.